The van der Waals surface area contributed by atoms with E-state index in [1.807, 2.05) is 42.5 Å². The summed E-state index contributed by atoms with van der Waals surface area (Å²) < 4.78 is 0. The predicted octanol–water partition coefficient (Wildman–Crippen LogP) is 3.02. The van der Waals surface area contributed by atoms with Gasteiger partial charge in [0.15, 0.2) is 5.78 Å². The topological polar surface area (TPSA) is 29.4 Å². The second-order valence-corrected chi connectivity index (χ2v) is 4.05. The van der Waals surface area contributed by atoms with E-state index in [9.17, 15) is 4.79 Å². The van der Waals surface area contributed by atoms with Crippen LogP contribution < -0.4 is 0 Å². The fraction of sp³-hybridized carbons (Fsp3) is 0.0667. The first-order valence-corrected chi connectivity index (χ1v) is 5.60. The second-order valence-electron chi connectivity index (χ2n) is 4.05. The molecule has 17 heavy (non-hydrogen) atoms. The van der Waals surface area contributed by atoms with E-state index in [-0.39, 0.29) is 5.78 Å². The lowest BCUT2D eigenvalue weighted by molar-refractivity contribution is -0.109. The fourth-order valence-corrected chi connectivity index (χ4v) is 2.06. The maximum absolute atomic E-state index is 11.9. The van der Waals surface area contributed by atoms with Gasteiger partial charge in [-0.3, -0.25) is 9.79 Å². The smallest absolute Gasteiger partial charge is 0.186 e. The van der Waals surface area contributed by atoms with Gasteiger partial charge in [0.2, 0.25) is 0 Å². The minimum atomic E-state index is 0.0540. The summed E-state index contributed by atoms with van der Waals surface area (Å²) in [5, 5.41) is 0. The molecule has 82 valence electrons. The van der Waals surface area contributed by atoms with Crippen LogP contribution in [0, 0.1) is 0 Å². The first-order valence-electron chi connectivity index (χ1n) is 5.60. The lowest BCUT2D eigenvalue weighted by Gasteiger charge is -2.12. The molecule has 0 aromatic heterocycles. The van der Waals surface area contributed by atoms with E-state index in [0.29, 0.717) is 0 Å². The van der Waals surface area contributed by atoms with E-state index in [1.54, 1.807) is 12.3 Å². The molecule has 2 aliphatic rings. The Kier molecular flexibility index (Phi) is 2.33. The summed E-state index contributed by atoms with van der Waals surface area (Å²) >= 11 is 0. The summed E-state index contributed by atoms with van der Waals surface area (Å²) in [6, 6.07) is 7.92. The largest absolute Gasteiger partial charge is 0.289 e. The average molecular weight is 221 g/mol. The lowest BCUT2D eigenvalue weighted by Crippen LogP contribution is -2.06. The van der Waals surface area contributed by atoms with Gasteiger partial charge in [-0.25, -0.2) is 0 Å². The molecule has 0 saturated carbocycles. The minimum absolute atomic E-state index is 0.0540. The van der Waals surface area contributed by atoms with Crippen LogP contribution in [0.1, 0.15) is 17.5 Å². The van der Waals surface area contributed by atoms with Gasteiger partial charge < -0.3 is 0 Å². The number of hydrogen-bond acceptors (Lipinski definition) is 2. The van der Waals surface area contributed by atoms with Crippen LogP contribution in [0.15, 0.2) is 53.7 Å². The van der Waals surface area contributed by atoms with Crippen molar-refractivity contribution in [3.05, 3.63) is 59.8 Å². The van der Waals surface area contributed by atoms with Gasteiger partial charge in [-0.15, -0.1) is 0 Å². The third-order valence-electron chi connectivity index (χ3n) is 2.91. The summed E-state index contributed by atoms with van der Waals surface area (Å²) in [6.07, 6.45) is 9.96. The monoisotopic (exact) mass is 221 g/mol. The van der Waals surface area contributed by atoms with E-state index in [0.717, 1.165) is 28.8 Å². The van der Waals surface area contributed by atoms with Gasteiger partial charge in [0.1, 0.15) is 0 Å². The molecule has 0 fully saturated rings. The Hall–Kier alpha value is -2.22. The van der Waals surface area contributed by atoms with E-state index in [4.69, 9.17) is 0 Å². The van der Waals surface area contributed by atoms with Crippen molar-refractivity contribution in [1.82, 2.24) is 0 Å². The van der Waals surface area contributed by atoms with Gasteiger partial charge in [-0.2, -0.15) is 0 Å². The van der Waals surface area contributed by atoms with E-state index in [2.05, 4.69) is 4.99 Å². The van der Waals surface area contributed by atoms with Crippen molar-refractivity contribution < 1.29 is 4.79 Å². The Morgan fingerprint density at radius 3 is 2.88 bits per heavy atom. The molecule has 0 spiro atoms. The molecule has 0 bridgehead atoms. The zero-order valence-corrected chi connectivity index (χ0v) is 9.26. The highest BCUT2D eigenvalue weighted by atomic mass is 16.1. The molecular formula is C15H11NO. The van der Waals surface area contributed by atoms with Crippen LogP contribution in [0.25, 0.3) is 11.6 Å². The first-order chi connectivity index (χ1) is 8.34. The van der Waals surface area contributed by atoms with Gasteiger partial charge in [0.25, 0.3) is 0 Å². The van der Waals surface area contributed by atoms with Crippen molar-refractivity contribution in [2.45, 2.75) is 6.42 Å². The Morgan fingerprint density at radius 2 is 2.06 bits per heavy atom. The van der Waals surface area contributed by atoms with Gasteiger partial charge in [0.05, 0.1) is 0 Å². The van der Waals surface area contributed by atoms with Crippen LogP contribution in [0.2, 0.25) is 0 Å². The number of carbonyl (C=O) groups is 1. The third-order valence-corrected chi connectivity index (χ3v) is 2.91. The highest BCUT2D eigenvalue weighted by Gasteiger charge is 2.17. The molecule has 1 aliphatic heterocycles. The molecule has 2 nitrogen and oxygen atoms in total. The van der Waals surface area contributed by atoms with Gasteiger partial charge in [-0.1, -0.05) is 36.4 Å². The quantitative estimate of drug-likeness (QED) is 0.670. The van der Waals surface area contributed by atoms with E-state index in [1.165, 1.54) is 0 Å². The molecule has 3 rings (SSSR count). The molecule has 0 saturated heterocycles. The number of hydrogen-bond donors (Lipinski definition) is 0. The van der Waals surface area contributed by atoms with Gasteiger partial charge in [-0.05, 0) is 23.3 Å². The van der Waals surface area contributed by atoms with Gasteiger partial charge >= 0.3 is 0 Å². The van der Waals surface area contributed by atoms with Crippen molar-refractivity contribution in [2.24, 2.45) is 4.99 Å². The van der Waals surface area contributed by atoms with Crippen molar-refractivity contribution in [3.8, 4) is 0 Å². The summed E-state index contributed by atoms with van der Waals surface area (Å²) in [5.74, 6) is 0.0540. The Bertz CT molecular complexity index is 603. The molecule has 2 heteroatoms. The van der Waals surface area contributed by atoms with Crippen LogP contribution in [-0.4, -0.2) is 11.5 Å². The van der Waals surface area contributed by atoms with Crippen LogP contribution in [-0.2, 0) is 4.79 Å². The SMILES string of the molecule is O=C1C=Cc2ccccc2/C1=C/C1=NC=CC1. The molecule has 1 aromatic carbocycles. The van der Waals surface area contributed by atoms with Crippen LogP contribution >= 0.6 is 0 Å². The zero-order valence-electron chi connectivity index (χ0n) is 9.26. The Balaban J connectivity index is 2.10. The average Bonchev–Trinajstić information content (AvgIpc) is 2.86. The highest BCUT2D eigenvalue weighted by Crippen LogP contribution is 2.26. The van der Waals surface area contributed by atoms with Crippen molar-refractivity contribution in [2.75, 3.05) is 0 Å². The Labute approximate surface area is 99.7 Å². The number of aliphatic imine (C=N–C) groups is 1. The summed E-state index contributed by atoms with van der Waals surface area (Å²) in [4.78, 5) is 16.1. The van der Waals surface area contributed by atoms with Crippen molar-refractivity contribution in [1.29, 1.82) is 0 Å². The van der Waals surface area contributed by atoms with Crippen molar-refractivity contribution >= 4 is 23.1 Å². The number of ketones is 1. The number of carbonyl (C=O) groups excluding carboxylic acids is 1. The standard InChI is InChI=1S/C15H11NO/c17-15-8-7-11-4-1-2-6-13(11)14(15)10-12-5-3-9-16-12/h1-4,6-10H,5H2/b14-10-. The minimum Gasteiger partial charge on any atom is -0.289 e. The predicted molar refractivity (Wildman–Crippen MR) is 69.7 cm³/mol. The molecule has 1 aliphatic carbocycles. The van der Waals surface area contributed by atoms with E-state index >= 15 is 0 Å². The summed E-state index contributed by atoms with van der Waals surface area (Å²) in [5.41, 5.74) is 3.77. The number of fused-ring (bicyclic) bond motifs is 1. The lowest BCUT2D eigenvalue weighted by atomic mass is 9.90. The highest BCUT2D eigenvalue weighted by molar-refractivity contribution is 6.32. The number of nitrogens with zero attached hydrogens (tertiary/aromatic N) is 1. The Morgan fingerprint density at radius 1 is 1.18 bits per heavy atom. The maximum Gasteiger partial charge on any atom is 0.186 e. The third kappa shape index (κ3) is 1.78. The van der Waals surface area contributed by atoms with Crippen molar-refractivity contribution in [3.63, 3.8) is 0 Å². The fourth-order valence-electron chi connectivity index (χ4n) is 2.06. The molecular weight excluding hydrogens is 210 g/mol. The van der Waals surface area contributed by atoms with E-state index < -0.39 is 0 Å². The van der Waals surface area contributed by atoms with Crippen LogP contribution in [0.5, 0.6) is 0 Å². The number of rotatable bonds is 1. The maximum atomic E-state index is 11.9. The molecule has 1 aromatic rings. The molecule has 0 amide bonds. The molecule has 0 unspecified atom stereocenters. The number of benzene rings is 1. The molecule has 0 N–H and O–H groups in total. The zero-order chi connectivity index (χ0) is 11.7. The van der Waals surface area contributed by atoms with Crippen LogP contribution in [0.3, 0.4) is 0 Å². The molecule has 0 atom stereocenters. The molecule has 1 heterocycles. The summed E-state index contributed by atoms with van der Waals surface area (Å²) in [6.45, 7) is 0. The normalized spacial score (nSPS) is 19.6. The molecule has 0 radical (unpaired) electrons. The van der Waals surface area contributed by atoms with Crippen LogP contribution in [0.4, 0.5) is 0 Å². The second kappa shape index (κ2) is 3.98. The first kappa shape index (κ1) is 9.97. The number of allylic oxidation sites excluding steroid dienone is 4. The van der Waals surface area contributed by atoms with Gasteiger partial charge in [0, 0.05) is 23.9 Å². The summed E-state index contributed by atoms with van der Waals surface area (Å²) in [7, 11) is 0.